The highest BCUT2D eigenvalue weighted by Crippen LogP contribution is 2.45. The summed E-state index contributed by atoms with van der Waals surface area (Å²) in [5.41, 5.74) is 4.38. The predicted octanol–water partition coefficient (Wildman–Crippen LogP) is 3.90. The van der Waals surface area contributed by atoms with E-state index in [-0.39, 0.29) is 10.0 Å². The van der Waals surface area contributed by atoms with Gasteiger partial charge in [-0.15, -0.1) is 0 Å². The fraction of sp³-hybridized carbons (Fsp3) is 0.500. The molecule has 0 bridgehead atoms. The topological polar surface area (TPSA) is 46.2 Å². The molecule has 0 heterocycles. The highest BCUT2D eigenvalue weighted by atomic mass is 79.9. The van der Waals surface area contributed by atoms with Gasteiger partial charge in [-0.3, -0.25) is 0 Å². The first-order chi connectivity index (χ1) is 8.24. The average Bonchev–Trinajstić information content (AvgIpc) is 2.68. The lowest BCUT2D eigenvalue weighted by Gasteiger charge is -2.28. The second-order valence-electron chi connectivity index (χ2n) is 4.71. The van der Waals surface area contributed by atoms with Crippen LogP contribution in [0.3, 0.4) is 0 Å². The molecule has 1 fully saturated rings. The molecule has 0 unspecified atom stereocenters. The summed E-state index contributed by atoms with van der Waals surface area (Å²) in [5.74, 6) is -0.423. The van der Waals surface area contributed by atoms with Crippen LogP contribution in [-0.2, 0) is 11.7 Å². The standard InChI is InChI=1S/C12H13BrF3NO/c13-9-5-7(11(17)3-1-2-4-11)8(6-10(9)18)12(14,15)16/h5-6,18H,1-4,17H2. The smallest absolute Gasteiger partial charge is 0.416 e. The fourth-order valence-electron chi connectivity index (χ4n) is 2.48. The molecule has 0 aliphatic heterocycles. The van der Waals surface area contributed by atoms with E-state index in [1.807, 2.05) is 0 Å². The maximum absolute atomic E-state index is 13.0. The van der Waals surface area contributed by atoms with Gasteiger partial charge in [-0.2, -0.15) is 13.2 Å². The van der Waals surface area contributed by atoms with Gasteiger partial charge in [0.15, 0.2) is 0 Å². The summed E-state index contributed by atoms with van der Waals surface area (Å²) in [6.45, 7) is 0. The Kier molecular flexibility index (Phi) is 3.36. The van der Waals surface area contributed by atoms with Gasteiger partial charge in [0.1, 0.15) is 5.75 Å². The summed E-state index contributed by atoms with van der Waals surface area (Å²) in [7, 11) is 0. The monoisotopic (exact) mass is 323 g/mol. The summed E-state index contributed by atoms with van der Waals surface area (Å²) in [6, 6.07) is 2.04. The summed E-state index contributed by atoms with van der Waals surface area (Å²) < 4.78 is 39.2. The van der Waals surface area contributed by atoms with Crippen LogP contribution in [0.5, 0.6) is 5.75 Å². The fourth-order valence-corrected chi connectivity index (χ4v) is 2.83. The van der Waals surface area contributed by atoms with Crippen LogP contribution in [0.15, 0.2) is 16.6 Å². The number of hydrogen-bond acceptors (Lipinski definition) is 2. The first-order valence-electron chi connectivity index (χ1n) is 5.63. The van der Waals surface area contributed by atoms with Crippen molar-refractivity contribution >= 4 is 15.9 Å². The van der Waals surface area contributed by atoms with Crippen LogP contribution < -0.4 is 5.73 Å². The van der Waals surface area contributed by atoms with Crippen LogP contribution >= 0.6 is 15.9 Å². The molecular weight excluding hydrogens is 311 g/mol. The molecule has 1 aliphatic carbocycles. The van der Waals surface area contributed by atoms with Gasteiger partial charge in [-0.05, 0) is 46.5 Å². The minimum absolute atomic E-state index is 0.0668. The zero-order valence-electron chi connectivity index (χ0n) is 9.52. The number of rotatable bonds is 1. The molecule has 3 N–H and O–H groups in total. The first-order valence-corrected chi connectivity index (χ1v) is 6.42. The highest BCUT2D eigenvalue weighted by molar-refractivity contribution is 9.10. The minimum Gasteiger partial charge on any atom is -0.507 e. The van der Waals surface area contributed by atoms with Crippen LogP contribution in [0.25, 0.3) is 0 Å². The first kappa shape index (κ1) is 13.7. The molecule has 6 heteroatoms. The molecule has 1 aromatic rings. The zero-order chi connectivity index (χ0) is 13.6. The molecule has 0 amide bonds. The van der Waals surface area contributed by atoms with Crippen LogP contribution in [0.2, 0.25) is 0 Å². The van der Waals surface area contributed by atoms with Crippen LogP contribution in [0.4, 0.5) is 13.2 Å². The zero-order valence-corrected chi connectivity index (χ0v) is 11.1. The number of aromatic hydroxyl groups is 1. The Hall–Kier alpha value is -0.750. The minimum atomic E-state index is -4.51. The normalized spacial score (nSPS) is 19.2. The second-order valence-corrected chi connectivity index (χ2v) is 5.56. The van der Waals surface area contributed by atoms with Crippen molar-refractivity contribution in [3.8, 4) is 5.75 Å². The van der Waals surface area contributed by atoms with E-state index in [1.165, 1.54) is 6.07 Å². The molecule has 18 heavy (non-hydrogen) atoms. The van der Waals surface area contributed by atoms with Gasteiger partial charge < -0.3 is 10.8 Å². The lowest BCUT2D eigenvalue weighted by atomic mass is 9.85. The molecule has 1 aliphatic rings. The van der Waals surface area contributed by atoms with Crippen molar-refractivity contribution in [1.29, 1.82) is 0 Å². The van der Waals surface area contributed by atoms with Crippen LogP contribution in [-0.4, -0.2) is 5.11 Å². The summed E-state index contributed by atoms with van der Waals surface area (Å²) >= 11 is 3.05. The molecule has 1 aromatic carbocycles. The number of benzene rings is 1. The van der Waals surface area contributed by atoms with E-state index in [9.17, 15) is 18.3 Å². The van der Waals surface area contributed by atoms with E-state index in [0.717, 1.165) is 18.9 Å². The van der Waals surface area contributed by atoms with Gasteiger partial charge in [-0.25, -0.2) is 0 Å². The quantitative estimate of drug-likeness (QED) is 0.823. The molecule has 1 saturated carbocycles. The van der Waals surface area contributed by atoms with Gasteiger partial charge in [-0.1, -0.05) is 12.8 Å². The number of hydrogen-bond donors (Lipinski definition) is 2. The Morgan fingerprint density at radius 1 is 1.22 bits per heavy atom. The molecule has 0 radical (unpaired) electrons. The lowest BCUT2D eigenvalue weighted by molar-refractivity contribution is -0.139. The largest absolute Gasteiger partial charge is 0.507 e. The van der Waals surface area contributed by atoms with E-state index in [1.54, 1.807) is 0 Å². The molecule has 2 rings (SSSR count). The van der Waals surface area contributed by atoms with Crippen molar-refractivity contribution < 1.29 is 18.3 Å². The van der Waals surface area contributed by atoms with E-state index in [0.29, 0.717) is 12.8 Å². The summed E-state index contributed by atoms with van der Waals surface area (Å²) in [5, 5.41) is 9.43. The SMILES string of the molecule is NC1(c2cc(Br)c(O)cc2C(F)(F)F)CCCC1. The Morgan fingerprint density at radius 3 is 2.28 bits per heavy atom. The van der Waals surface area contributed by atoms with Crippen LogP contribution in [0.1, 0.15) is 36.8 Å². The number of phenols is 1. The molecule has 0 saturated heterocycles. The van der Waals surface area contributed by atoms with Gasteiger partial charge >= 0.3 is 6.18 Å². The van der Waals surface area contributed by atoms with Gasteiger partial charge in [0.05, 0.1) is 10.0 Å². The molecular formula is C12H13BrF3NO. The van der Waals surface area contributed by atoms with Crippen molar-refractivity contribution in [2.75, 3.05) is 0 Å². The lowest BCUT2D eigenvalue weighted by Crippen LogP contribution is -2.35. The third-order valence-electron chi connectivity index (χ3n) is 3.42. The Labute approximate surface area is 111 Å². The highest BCUT2D eigenvalue weighted by Gasteiger charge is 2.41. The molecule has 2 nitrogen and oxygen atoms in total. The number of alkyl halides is 3. The predicted molar refractivity (Wildman–Crippen MR) is 65.1 cm³/mol. The third-order valence-corrected chi connectivity index (χ3v) is 4.06. The number of phenolic OH excluding ortho intramolecular Hbond substituents is 1. The van der Waals surface area contributed by atoms with E-state index in [4.69, 9.17) is 5.73 Å². The summed E-state index contributed by atoms with van der Waals surface area (Å²) in [6.07, 6.45) is -1.79. The number of halogens is 4. The van der Waals surface area contributed by atoms with Crippen molar-refractivity contribution in [2.45, 2.75) is 37.4 Å². The third kappa shape index (κ3) is 2.36. The maximum atomic E-state index is 13.0. The van der Waals surface area contributed by atoms with Crippen molar-refractivity contribution in [1.82, 2.24) is 0 Å². The van der Waals surface area contributed by atoms with E-state index >= 15 is 0 Å². The molecule has 0 spiro atoms. The van der Waals surface area contributed by atoms with Crippen LogP contribution in [0, 0.1) is 0 Å². The van der Waals surface area contributed by atoms with Gasteiger partial charge in [0, 0.05) is 5.54 Å². The Morgan fingerprint density at radius 2 is 1.78 bits per heavy atom. The van der Waals surface area contributed by atoms with E-state index in [2.05, 4.69) is 15.9 Å². The van der Waals surface area contributed by atoms with Crippen molar-refractivity contribution in [2.24, 2.45) is 5.73 Å². The molecule has 0 atom stereocenters. The number of nitrogens with two attached hydrogens (primary N) is 1. The van der Waals surface area contributed by atoms with Gasteiger partial charge in [0.25, 0.3) is 0 Å². The second kappa shape index (κ2) is 4.42. The Balaban J connectivity index is 2.61. The molecule has 0 aromatic heterocycles. The van der Waals surface area contributed by atoms with Gasteiger partial charge in [0.2, 0.25) is 0 Å². The van der Waals surface area contributed by atoms with Crippen molar-refractivity contribution in [3.63, 3.8) is 0 Å². The average molecular weight is 324 g/mol. The van der Waals surface area contributed by atoms with Crippen molar-refractivity contribution in [3.05, 3.63) is 27.7 Å². The summed E-state index contributed by atoms with van der Waals surface area (Å²) in [4.78, 5) is 0. The maximum Gasteiger partial charge on any atom is 0.416 e. The molecule has 100 valence electrons. The Bertz CT molecular complexity index is 467. The van der Waals surface area contributed by atoms with E-state index < -0.39 is 23.0 Å².